The highest BCUT2D eigenvalue weighted by molar-refractivity contribution is 6.17. The molecule has 3 saturated heterocycles. The molecule has 8 heteroatoms. The van der Waals surface area contributed by atoms with Crippen LogP contribution in [0.25, 0.3) is 0 Å². The Labute approximate surface area is 290 Å². The first-order chi connectivity index (χ1) is 23.0. The number of amides is 2. The van der Waals surface area contributed by atoms with Crippen LogP contribution in [0.5, 0.6) is 0 Å². The minimum atomic E-state index is -1.57. The van der Waals surface area contributed by atoms with E-state index in [1.807, 2.05) is 77.1 Å². The zero-order valence-electron chi connectivity index (χ0n) is 30.1. The number of carbonyl (C=O) groups excluding carboxylic acids is 3. The van der Waals surface area contributed by atoms with Crippen LogP contribution in [0.2, 0.25) is 0 Å². The fraction of sp³-hybridized carbons (Fsp3) is 0.585. The van der Waals surface area contributed by atoms with Crippen molar-refractivity contribution < 1.29 is 33.3 Å². The predicted octanol–water partition coefficient (Wildman–Crippen LogP) is 6.91. The Morgan fingerprint density at radius 2 is 1.45 bits per heavy atom. The second-order valence-electron chi connectivity index (χ2n) is 16.5. The molecule has 2 aromatic rings. The van der Waals surface area contributed by atoms with Gasteiger partial charge in [-0.05, 0) is 90.3 Å². The Balaban J connectivity index is 1.45. The number of allylic oxidation sites excluding steroid dienone is 1. The first-order valence-corrected chi connectivity index (χ1v) is 18.0. The summed E-state index contributed by atoms with van der Waals surface area (Å²) >= 11 is 0. The molecule has 1 saturated carbocycles. The lowest BCUT2D eigenvalue weighted by Gasteiger charge is -2.54. The molecule has 5 aliphatic rings. The Kier molecular flexibility index (Phi) is 8.18. The van der Waals surface area contributed by atoms with Gasteiger partial charge >= 0.3 is 0 Å². The molecule has 8 nitrogen and oxygen atoms in total. The smallest absolute Gasteiger partial charge is 0.260 e. The zero-order chi connectivity index (χ0) is 35.1. The molecule has 0 radical (unpaired) electrons. The first-order valence-electron chi connectivity index (χ1n) is 18.0. The number of fused-ring (bicyclic) bond motifs is 3. The molecule has 3 heterocycles. The molecule has 0 N–H and O–H groups in total. The minimum Gasteiger partial charge on any atom is -0.344 e. The number of rotatable bonds is 3. The molecule has 2 amide bonds. The van der Waals surface area contributed by atoms with Gasteiger partial charge in [0.1, 0.15) is 11.2 Å². The minimum absolute atomic E-state index is 0.0790. The van der Waals surface area contributed by atoms with Crippen LogP contribution in [-0.2, 0) is 35.0 Å². The van der Waals surface area contributed by atoms with Crippen molar-refractivity contribution in [2.75, 3.05) is 0 Å². The maximum atomic E-state index is 15.6. The molecule has 2 aliphatic carbocycles. The van der Waals surface area contributed by atoms with Crippen molar-refractivity contribution in [3.8, 4) is 0 Å². The van der Waals surface area contributed by atoms with E-state index in [9.17, 15) is 4.79 Å². The molecule has 2 aromatic carbocycles. The molecule has 0 aromatic heterocycles. The van der Waals surface area contributed by atoms with E-state index in [-0.39, 0.29) is 36.1 Å². The van der Waals surface area contributed by atoms with Crippen LogP contribution >= 0.6 is 0 Å². The van der Waals surface area contributed by atoms with Crippen LogP contribution in [0.4, 0.5) is 0 Å². The largest absolute Gasteiger partial charge is 0.344 e. The van der Waals surface area contributed by atoms with Gasteiger partial charge in [-0.1, -0.05) is 74.5 Å². The summed E-state index contributed by atoms with van der Waals surface area (Å²) in [4.78, 5) is 47.2. The average Bonchev–Trinajstić information content (AvgIpc) is 3.57. The molecular formula is C41H51NO7. The fourth-order valence-corrected chi connectivity index (χ4v) is 10.4. The van der Waals surface area contributed by atoms with Crippen molar-refractivity contribution in [1.82, 2.24) is 4.90 Å². The lowest BCUT2D eigenvalue weighted by molar-refractivity contribution is -0.179. The summed E-state index contributed by atoms with van der Waals surface area (Å²) in [5.41, 5.74) is -1.74. The van der Waals surface area contributed by atoms with Crippen molar-refractivity contribution in [1.29, 1.82) is 0 Å². The molecule has 0 unspecified atom stereocenters. The number of likely N-dealkylation sites (tertiary alicyclic amines) is 1. The van der Waals surface area contributed by atoms with Gasteiger partial charge in [0.25, 0.3) is 5.91 Å². The van der Waals surface area contributed by atoms with E-state index in [4.69, 9.17) is 18.9 Å². The number of hydrogen-bond acceptors (Lipinski definition) is 7. The molecular weight excluding hydrogens is 618 g/mol. The zero-order valence-corrected chi connectivity index (χ0v) is 30.1. The third kappa shape index (κ3) is 5.28. The Morgan fingerprint density at radius 1 is 0.837 bits per heavy atom. The van der Waals surface area contributed by atoms with Crippen molar-refractivity contribution in [3.05, 3.63) is 83.9 Å². The van der Waals surface area contributed by atoms with Gasteiger partial charge in [0, 0.05) is 29.9 Å². The Hall–Kier alpha value is -3.17. The molecule has 3 aliphatic heterocycles. The van der Waals surface area contributed by atoms with Gasteiger partial charge in [0.05, 0.1) is 23.4 Å². The third-order valence-corrected chi connectivity index (χ3v) is 12.3. The number of carbonyl (C=O) groups is 3. The first kappa shape index (κ1) is 34.3. The van der Waals surface area contributed by atoms with Crippen LogP contribution < -0.4 is 0 Å². The van der Waals surface area contributed by atoms with Gasteiger partial charge in [-0.25, -0.2) is 0 Å². The molecule has 0 bridgehead atoms. The molecule has 4 fully saturated rings. The van der Waals surface area contributed by atoms with E-state index in [0.29, 0.717) is 24.8 Å². The lowest BCUT2D eigenvalue weighted by Crippen LogP contribution is -2.66. The molecule has 10 atom stereocenters. The van der Waals surface area contributed by atoms with Crippen molar-refractivity contribution in [3.63, 3.8) is 0 Å². The van der Waals surface area contributed by atoms with Crippen LogP contribution in [0.3, 0.4) is 0 Å². The maximum Gasteiger partial charge on any atom is 0.260 e. The van der Waals surface area contributed by atoms with Gasteiger partial charge in [0.15, 0.2) is 11.6 Å². The summed E-state index contributed by atoms with van der Waals surface area (Å²) in [5.74, 6) is -4.20. The number of ether oxygens (including phenoxy) is 4. The second kappa shape index (κ2) is 11.7. The van der Waals surface area contributed by atoms with Crippen molar-refractivity contribution >= 4 is 17.6 Å². The SMILES string of the molecule is C[C@H]1C/C=C/[C@H]2[C@@H]3OC(C)(C)O[C@]3(C)[C@@H](C)[C@H]3[C@H](Cc4ccccc4)N(C(=O)c4ccccc4)C(=O)[C@]32C(=O)CC[C@@]2(C)OC(C)(C)O[C@H]12. The summed E-state index contributed by atoms with van der Waals surface area (Å²) in [6.45, 7) is 16.0. The Morgan fingerprint density at radius 3 is 2.12 bits per heavy atom. The normalized spacial score (nSPS) is 41.6. The number of imide groups is 1. The molecule has 1 spiro atoms. The molecule has 262 valence electrons. The van der Waals surface area contributed by atoms with Crippen molar-refractivity contribution in [2.45, 2.75) is 122 Å². The predicted molar refractivity (Wildman–Crippen MR) is 184 cm³/mol. The summed E-state index contributed by atoms with van der Waals surface area (Å²) in [6.07, 6.45) is 4.84. The summed E-state index contributed by atoms with van der Waals surface area (Å²) < 4.78 is 26.6. The number of Topliss-reactive ketones (excluding diaryl/α,β-unsaturated/α-hetero) is 1. The lowest BCUT2D eigenvalue weighted by atomic mass is 9.49. The highest BCUT2D eigenvalue weighted by Crippen LogP contribution is 2.65. The summed E-state index contributed by atoms with van der Waals surface area (Å²) in [7, 11) is 0. The number of nitrogens with zero attached hydrogens (tertiary/aromatic N) is 1. The van der Waals surface area contributed by atoms with Crippen LogP contribution in [0.1, 0.15) is 90.6 Å². The van der Waals surface area contributed by atoms with Gasteiger partial charge in [-0.2, -0.15) is 0 Å². The average molecular weight is 670 g/mol. The maximum absolute atomic E-state index is 15.6. The van der Waals surface area contributed by atoms with E-state index in [2.05, 4.69) is 26.8 Å². The fourth-order valence-electron chi connectivity index (χ4n) is 10.4. The van der Waals surface area contributed by atoms with E-state index >= 15 is 9.59 Å². The van der Waals surface area contributed by atoms with Gasteiger partial charge in [-0.3, -0.25) is 19.3 Å². The third-order valence-electron chi connectivity index (χ3n) is 12.3. The van der Waals surface area contributed by atoms with E-state index < -0.39 is 58.1 Å². The van der Waals surface area contributed by atoms with Gasteiger partial charge in [-0.15, -0.1) is 0 Å². The Bertz CT molecular complexity index is 1650. The number of ketones is 1. The number of benzene rings is 2. The monoisotopic (exact) mass is 669 g/mol. The topological polar surface area (TPSA) is 91.4 Å². The molecule has 7 rings (SSSR count). The van der Waals surface area contributed by atoms with Gasteiger partial charge < -0.3 is 18.9 Å². The van der Waals surface area contributed by atoms with Crippen molar-refractivity contribution in [2.24, 2.45) is 29.1 Å². The van der Waals surface area contributed by atoms with E-state index in [1.165, 1.54) is 4.90 Å². The highest BCUT2D eigenvalue weighted by atomic mass is 16.8. The van der Waals surface area contributed by atoms with Crippen LogP contribution in [-0.4, -0.2) is 63.5 Å². The quantitative estimate of drug-likeness (QED) is 0.199. The summed E-state index contributed by atoms with van der Waals surface area (Å²) in [5, 5.41) is 0. The van der Waals surface area contributed by atoms with Crippen LogP contribution in [0, 0.1) is 29.1 Å². The standard InChI is InChI=1S/C41H51NO7/c1-25-16-15-21-29-34-40(8,49-38(5,6)47-34)26(2)32-30(24-27-17-11-9-12-18-27)42(35(44)28-19-13-10-14-20-28)36(45)41(29,32)31(43)22-23-39(7)33(25)46-37(3,4)48-39/h9-15,17-21,25-26,29-30,32-34H,16,22-24H2,1-8H3/b21-15+/t25-,26-,29-,30-,32-,33+,34-,39+,40+,41+/m0/s1. The van der Waals surface area contributed by atoms with E-state index in [1.54, 1.807) is 24.3 Å². The van der Waals surface area contributed by atoms with Crippen LogP contribution in [0.15, 0.2) is 72.8 Å². The van der Waals surface area contributed by atoms with E-state index in [0.717, 1.165) is 5.56 Å². The number of hydrogen-bond donors (Lipinski definition) is 0. The second-order valence-corrected chi connectivity index (χ2v) is 16.5. The van der Waals surface area contributed by atoms with Gasteiger partial charge in [0.2, 0.25) is 5.91 Å². The highest BCUT2D eigenvalue weighted by Gasteiger charge is 2.77. The summed E-state index contributed by atoms with van der Waals surface area (Å²) in [6, 6.07) is 18.3. The molecule has 49 heavy (non-hydrogen) atoms.